The number of nitrogens with two attached hydrogens (primary N) is 1. The number of halogens is 2. The number of hydrogen-bond donors (Lipinski definition) is 2. The molecule has 0 radical (unpaired) electrons. The minimum absolute atomic E-state index is 0.0129. The molecule has 0 fully saturated rings. The Labute approximate surface area is 124 Å². The highest BCUT2D eigenvalue weighted by molar-refractivity contribution is 9.13. The number of ether oxygens (including phenoxy) is 1. The number of hydrogen-bond acceptors (Lipinski definition) is 4. The Hall–Kier alpha value is -0.140. The fourth-order valence-corrected chi connectivity index (χ4v) is 1.99. The van der Waals surface area contributed by atoms with Gasteiger partial charge in [0.15, 0.2) is 4.67 Å². The maximum Gasteiger partial charge on any atom is 0.183 e. The normalized spacial score (nSPS) is 12.7. The van der Waals surface area contributed by atoms with E-state index in [1.165, 1.54) is 0 Å². The topological polar surface area (TPSA) is 60.4 Å². The molecule has 0 saturated carbocycles. The number of rotatable bonds is 8. The summed E-state index contributed by atoms with van der Waals surface area (Å²) in [6, 6.07) is 1.89. The maximum atomic E-state index is 5.72. The molecule has 0 bridgehead atoms. The Kier molecular flexibility index (Phi) is 7.18. The van der Waals surface area contributed by atoms with Gasteiger partial charge in [-0.2, -0.15) is 0 Å². The molecule has 1 atom stereocenters. The summed E-state index contributed by atoms with van der Waals surface area (Å²) in [6.45, 7) is 8.10. The predicted molar refractivity (Wildman–Crippen MR) is 79.5 cm³/mol. The summed E-state index contributed by atoms with van der Waals surface area (Å²) in [5.41, 5.74) is 6.74. The van der Waals surface area contributed by atoms with Crippen LogP contribution in [-0.2, 0) is 4.74 Å². The third-order valence-electron chi connectivity index (χ3n) is 2.23. The van der Waals surface area contributed by atoms with Gasteiger partial charge in [-0.05, 0) is 44.8 Å². The van der Waals surface area contributed by atoms with Crippen molar-refractivity contribution in [2.75, 3.05) is 26.3 Å². The van der Waals surface area contributed by atoms with Crippen LogP contribution < -0.4 is 11.1 Å². The Balaban J connectivity index is 2.36. The van der Waals surface area contributed by atoms with E-state index in [-0.39, 0.29) is 6.04 Å². The molecule has 3 N–H and O–H groups in total. The Bertz CT molecular complexity index is 374. The summed E-state index contributed by atoms with van der Waals surface area (Å²) in [5, 5.41) is 3.28. The van der Waals surface area contributed by atoms with E-state index in [9.17, 15) is 0 Å². The van der Waals surface area contributed by atoms with Gasteiger partial charge in [0, 0.05) is 13.1 Å². The molecule has 1 heterocycles. The molecular weight excluding hydrogens is 364 g/mol. The lowest BCUT2D eigenvalue weighted by molar-refractivity contribution is 0.154. The Morgan fingerprint density at radius 1 is 1.61 bits per heavy atom. The molecule has 1 aromatic heterocycles. The summed E-state index contributed by atoms with van der Waals surface area (Å²) >= 11 is 6.68. The Morgan fingerprint density at radius 2 is 2.33 bits per heavy atom. The molecule has 4 nitrogen and oxygen atoms in total. The maximum absolute atomic E-state index is 5.72. The lowest BCUT2D eigenvalue weighted by Gasteiger charge is -2.14. The fraction of sp³-hybridized carbons (Fsp3) is 0.500. The molecule has 18 heavy (non-hydrogen) atoms. The van der Waals surface area contributed by atoms with Crippen LogP contribution in [-0.4, -0.2) is 26.3 Å². The Morgan fingerprint density at radius 3 is 2.83 bits per heavy atom. The van der Waals surface area contributed by atoms with Gasteiger partial charge in [0.1, 0.15) is 5.76 Å². The van der Waals surface area contributed by atoms with Crippen molar-refractivity contribution >= 4 is 31.9 Å². The van der Waals surface area contributed by atoms with Gasteiger partial charge in [-0.25, -0.2) is 0 Å². The highest BCUT2D eigenvalue weighted by Gasteiger charge is 2.15. The third-order valence-corrected chi connectivity index (χ3v) is 3.94. The second-order valence-electron chi connectivity index (χ2n) is 4.02. The van der Waals surface area contributed by atoms with Gasteiger partial charge in [0.2, 0.25) is 0 Å². The molecule has 0 aromatic carbocycles. The minimum Gasteiger partial charge on any atom is -0.451 e. The van der Waals surface area contributed by atoms with E-state index in [1.54, 1.807) is 0 Å². The van der Waals surface area contributed by atoms with Crippen LogP contribution in [0.2, 0.25) is 0 Å². The van der Waals surface area contributed by atoms with Crippen molar-refractivity contribution in [2.24, 2.45) is 5.73 Å². The van der Waals surface area contributed by atoms with Crippen molar-refractivity contribution in [2.45, 2.75) is 13.0 Å². The molecular formula is C12H18Br2N2O2. The average Bonchev–Trinajstić information content (AvgIpc) is 2.63. The summed E-state index contributed by atoms with van der Waals surface area (Å²) in [7, 11) is 0. The van der Waals surface area contributed by atoms with Crippen LogP contribution >= 0.6 is 31.9 Å². The third kappa shape index (κ3) is 5.24. The molecule has 0 amide bonds. The molecule has 0 aliphatic carbocycles. The zero-order valence-corrected chi connectivity index (χ0v) is 13.5. The molecule has 6 heteroatoms. The summed E-state index contributed by atoms with van der Waals surface area (Å²) in [4.78, 5) is 0. The van der Waals surface area contributed by atoms with Gasteiger partial charge in [0.05, 0.1) is 23.7 Å². The number of furan rings is 1. The second kappa shape index (κ2) is 8.12. The van der Waals surface area contributed by atoms with Crippen LogP contribution in [0.3, 0.4) is 0 Å². The standard InChI is InChI=1S/C12H18Br2N2O2/c1-8(2)7-17-4-3-16-10(6-15)11-5-9(13)12(14)18-11/h5,10,16H,1,3-4,6-7,15H2,2H3. The molecule has 0 saturated heterocycles. The largest absolute Gasteiger partial charge is 0.451 e. The monoisotopic (exact) mass is 380 g/mol. The van der Waals surface area contributed by atoms with Gasteiger partial charge in [-0.3, -0.25) is 0 Å². The molecule has 1 unspecified atom stereocenters. The quantitative estimate of drug-likeness (QED) is 0.536. The molecule has 0 aliphatic heterocycles. The highest BCUT2D eigenvalue weighted by Crippen LogP contribution is 2.29. The van der Waals surface area contributed by atoms with Gasteiger partial charge in [0.25, 0.3) is 0 Å². The van der Waals surface area contributed by atoms with Crippen LogP contribution in [0.15, 0.2) is 31.8 Å². The van der Waals surface area contributed by atoms with E-state index in [4.69, 9.17) is 14.9 Å². The van der Waals surface area contributed by atoms with E-state index in [0.717, 1.165) is 15.8 Å². The van der Waals surface area contributed by atoms with E-state index in [0.29, 0.717) is 31.0 Å². The molecule has 0 aliphatic rings. The van der Waals surface area contributed by atoms with E-state index < -0.39 is 0 Å². The van der Waals surface area contributed by atoms with E-state index in [2.05, 4.69) is 43.8 Å². The molecule has 1 rings (SSSR count). The predicted octanol–water partition coefficient (Wildman–Crippen LogP) is 2.99. The van der Waals surface area contributed by atoms with Crippen molar-refractivity contribution in [1.29, 1.82) is 0 Å². The van der Waals surface area contributed by atoms with Gasteiger partial charge < -0.3 is 20.2 Å². The summed E-state index contributed by atoms with van der Waals surface area (Å²) < 4.78 is 12.5. The minimum atomic E-state index is -0.0129. The van der Waals surface area contributed by atoms with Crippen molar-refractivity contribution < 1.29 is 9.15 Å². The first-order valence-electron chi connectivity index (χ1n) is 5.65. The molecule has 102 valence electrons. The zero-order valence-electron chi connectivity index (χ0n) is 10.3. The second-order valence-corrected chi connectivity index (χ2v) is 5.60. The SMILES string of the molecule is C=C(C)COCCNC(CN)c1cc(Br)c(Br)o1. The van der Waals surface area contributed by atoms with Gasteiger partial charge in [-0.1, -0.05) is 12.2 Å². The van der Waals surface area contributed by atoms with Crippen molar-refractivity contribution in [3.63, 3.8) is 0 Å². The fourth-order valence-electron chi connectivity index (χ4n) is 1.39. The average molecular weight is 382 g/mol. The summed E-state index contributed by atoms with van der Waals surface area (Å²) in [6.07, 6.45) is 0. The van der Waals surface area contributed by atoms with Crippen LogP contribution in [0.5, 0.6) is 0 Å². The van der Waals surface area contributed by atoms with E-state index in [1.807, 2.05) is 13.0 Å². The smallest absolute Gasteiger partial charge is 0.183 e. The number of nitrogens with one attached hydrogen (secondary N) is 1. The lowest BCUT2D eigenvalue weighted by atomic mass is 10.2. The zero-order chi connectivity index (χ0) is 13.5. The lowest BCUT2D eigenvalue weighted by Crippen LogP contribution is -2.30. The van der Waals surface area contributed by atoms with Crippen molar-refractivity contribution in [1.82, 2.24) is 5.32 Å². The molecule has 1 aromatic rings. The van der Waals surface area contributed by atoms with Crippen LogP contribution in [0.1, 0.15) is 18.7 Å². The van der Waals surface area contributed by atoms with Gasteiger partial charge in [-0.15, -0.1) is 0 Å². The van der Waals surface area contributed by atoms with Crippen LogP contribution in [0.4, 0.5) is 0 Å². The first-order valence-corrected chi connectivity index (χ1v) is 7.23. The first kappa shape index (κ1) is 15.9. The van der Waals surface area contributed by atoms with Crippen LogP contribution in [0.25, 0.3) is 0 Å². The highest BCUT2D eigenvalue weighted by atomic mass is 79.9. The van der Waals surface area contributed by atoms with Crippen molar-refractivity contribution in [3.8, 4) is 0 Å². The van der Waals surface area contributed by atoms with Crippen molar-refractivity contribution in [3.05, 3.63) is 33.1 Å². The van der Waals surface area contributed by atoms with Crippen LogP contribution in [0, 0.1) is 0 Å². The first-order chi connectivity index (χ1) is 8.54. The van der Waals surface area contributed by atoms with Gasteiger partial charge >= 0.3 is 0 Å². The van der Waals surface area contributed by atoms with E-state index >= 15 is 0 Å². The molecule has 0 spiro atoms. The summed E-state index contributed by atoms with van der Waals surface area (Å²) in [5.74, 6) is 0.802.